The van der Waals surface area contributed by atoms with Gasteiger partial charge in [0.2, 0.25) is 0 Å². The zero-order valence-electron chi connectivity index (χ0n) is 25.3. The van der Waals surface area contributed by atoms with E-state index in [1.807, 2.05) is 0 Å². The smallest absolute Gasteiger partial charge is 0.0317 e. The Kier molecular flexibility index (Phi) is 10.9. The van der Waals surface area contributed by atoms with Gasteiger partial charge in [0.1, 0.15) is 0 Å². The molecule has 3 saturated carbocycles. The van der Waals surface area contributed by atoms with Crippen LogP contribution in [-0.4, -0.2) is 0 Å². The van der Waals surface area contributed by atoms with Gasteiger partial charge in [0.15, 0.2) is 0 Å². The minimum atomic E-state index is 0.512. The van der Waals surface area contributed by atoms with Gasteiger partial charge < -0.3 is 0 Å². The van der Waals surface area contributed by atoms with Crippen LogP contribution in [0.3, 0.4) is 0 Å². The Balaban J connectivity index is 1.95. The maximum Gasteiger partial charge on any atom is -0.0317 e. The normalized spacial score (nSPS) is 34.9. The molecule has 204 valence electrons. The summed E-state index contributed by atoms with van der Waals surface area (Å²) in [6.45, 7) is 24.8. The molecule has 3 aliphatic rings. The van der Waals surface area contributed by atoms with Crippen molar-refractivity contribution in [1.82, 2.24) is 0 Å². The lowest BCUT2D eigenvalue weighted by atomic mass is 9.55. The highest BCUT2D eigenvalue weighted by Crippen LogP contribution is 2.54. The van der Waals surface area contributed by atoms with Crippen LogP contribution >= 0.6 is 0 Å². The first-order chi connectivity index (χ1) is 16.5. The van der Waals surface area contributed by atoms with E-state index in [0.717, 1.165) is 65.1 Å². The van der Waals surface area contributed by atoms with E-state index in [1.165, 1.54) is 83.5 Å². The van der Waals surface area contributed by atoms with Gasteiger partial charge in [0, 0.05) is 0 Å². The van der Waals surface area contributed by atoms with Crippen molar-refractivity contribution >= 4 is 0 Å². The Morgan fingerprint density at radius 3 is 1.66 bits per heavy atom. The predicted octanol–water partition coefficient (Wildman–Crippen LogP) is 11.2. The minimum Gasteiger partial charge on any atom is -0.103 e. The summed E-state index contributed by atoms with van der Waals surface area (Å²) in [6, 6.07) is 0. The third-order valence-electron chi connectivity index (χ3n) is 11.8. The molecule has 8 atom stereocenters. The predicted molar refractivity (Wildman–Crippen MR) is 156 cm³/mol. The monoisotopic (exact) mass is 485 g/mol. The number of allylic oxidation sites excluding steroid dienone is 1. The van der Waals surface area contributed by atoms with Crippen molar-refractivity contribution < 1.29 is 0 Å². The van der Waals surface area contributed by atoms with Crippen molar-refractivity contribution in [3.63, 3.8) is 0 Å². The van der Waals surface area contributed by atoms with Gasteiger partial charge in [-0.25, -0.2) is 0 Å². The van der Waals surface area contributed by atoms with E-state index in [0.29, 0.717) is 5.41 Å². The van der Waals surface area contributed by atoms with Gasteiger partial charge in [-0.05, 0) is 128 Å². The molecule has 0 aromatic heterocycles. The van der Waals surface area contributed by atoms with Gasteiger partial charge in [-0.1, -0.05) is 87.1 Å². The second kappa shape index (κ2) is 13.0. The van der Waals surface area contributed by atoms with Gasteiger partial charge in [-0.15, -0.1) is 6.58 Å². The van der Waals surface area contributed by atoms with E-state index < -0.39 is 0 Å². The Hall–Kier alpha value is -0.260. The molecule has 0 nitrogen and oxygen atoms in total. The fraction of sp³-hybridized carbons (Fsp3) is 0.943. The van der Waals surface area contributed by atoms with Crippen LogP contribution in [-0.2, 0) is 0 Å². The fourth-order valence-electron chi connectivity index (χ4n) is 9.59. The molecular weight excluding hydrogens is 420 g/mol. The summed E-state index contributed by atoms with van der Waals surface area (Å²) in [5.41, 5.74) is 0.512. The lowest BCUT2D eigenvalue weighted by molar-refractivity contribution is -0.00746. The Morgan fingerprint density at radius 2 is 1.20 bits per heavy atom. The summed E-state index contributed by atoms with van der Waals surface area (Å²) < 4.78 is 0. The molecule has 35 heavy (non-hydrogen) atoms. The zero-order chi connectivity index (χ0) is 25.8. The fourth-order valence-corrected chi connectivity index (χ4v) is 9.59. The SMILES string of the molecule is C=CCC(C1CC(C)CCC1C(C)C)C(CCC(C)(C)C1CCCC1)C1CC(C)CCC1C(C)C. The molecule has 0 heterocycles. The van der Waals surface area contributed by atoms with Crippen molar-refractivity contribution in [3.05, 3.63) is 12.7 Å². The highest BCUT2D eigenvalue weighted by molar-refractivity contribution is 4.96. The van der Waals surface area contributed by atoms with E-state index in [-0.39, 0.29) is 0 Å². The van der Waals surface area contributed by atoms with Crippen LogP contribution in [0.25, 0.3) is 0 Å². The summed E-state index contributed by atoms with van der Waals surface area (Å²) in [6.07, 6.45) is 21.2. The van der Waals surface area contributed by atoms with E-state index in [4.69, 9.17) is 0 Å². The molecule has 0 saturated heterocycles. The standard InChI is InChI=1S/C35H64/c1-10-13-31(33-22-26(6)16-18-29(33)24(2)3)32(20-21-35(8,9)28-14-11-12-15-28)34-23-27(7)17-19-30(34)25(4)5/h10,24-34H,1,11-23H2,2-9H3. The molecular formula is C35H64. The van der Waals surface area contributed by atoms with E-state index in [1.54, 1.807) is 0 Å². The van der Waals surface area contributed by atoms with Gasteiger partial charge in [0.25, 0.3) is 0 Å². The molecule has 0 bridgehead atoms. The molecule has 0 aromatic rings. The second-order valence-electron chi connectivity index (χ2n) is 15.3. The molecule has 3 fully saturated rings. The second-order valence-corrected chi connectivity index (χ2v) is 15.3. The first-order valence-corrected chi connectivity index (χ1v) is 16.2. The maximum absolute atomic E-state index is 4.35. The first kappa shape index (κ1) is 29.3. The zero-order valence-corrected chi connectivity index (χ0v) is 25.3. The Morgan fingerprint density at radius 1 is 0.714 bits per heavy atom. The van der Waals surface area contributed by atoms with Crippen LogP contribution in [0.15, 0.2) is 12.7 Å². The topological polar surface area (TPSA) is 0 Å². The molecule has 0 amide bonds. The van der Waals surface area contributed by atoms with E-state index >= 15 is 0 Å². The van der Waals surface area contributed by atoms with Crippen LogP contribution in [0.5, 0.6) is 0 Å². The van der Waals surface area contributed by atoms with Gasteiger partial charge in [0.05, 0.1) is 0 Å². The molecule has 0 aliphatic heterocycles. The molecule has 0 spiro atoms. The van der Waals surface area contributed by atoms with Gasteiger partial charge >= 0.3 is 0 Å². The summed E-state index contributed by atoms with van der Waals surface area (Å²) in [4.78, 5) is 0. The lowest BCUT2D eigenvalue weighted by Gasteiger charge is -2.50. The van der Waals surface area contributed by atoms with Crippen molar-refractivity contribution in [2.75, 3.05) is 0 Å². The highest BCUT2D eigenvalue weighted by atomic mass is 14.5. The molecule has 0 aromatic carbocycles. The largest absolute Gasteiger partial charge is 0.103 e. The summed E-state index contributed by atoms with van der Waals surface area (Å²) >= 11 is 0. The summed E-state index contributed by atoms with van der Waals surface area (Å²) in [5.74, 6) is 9.84. The van der Waals surface area contributed by atoms with Crippen LogP contribution in [0.2, 0.25) is 0 Å². The molecule has 0 N–H and O–H groups in total. The van der Waals surface area contributed by atoms with Crippen molar-refractivity contribution in [2.45, 2.75) is 139 Å². The van der Waals surface area contributed by atoms with Crippen LogP contribution in [0.1, 0.15) is 139 Å². The van der Waals surface area contributed by atoms with E-state index in [2.05, 4.69) is 68.0 Å². The van der Waals surface area contributed by atoms with Crippen LogP contribution < -0.4 is 0 Å². The van der Waals surface area contributed by atoms with Crippen molar-refractivity contribution in [1.29, 1.82) is 0 Å². The average molecular weight is 485 g/mol. The van der Waals surface area contributed by atoms with Crippen molar-refractivity contribution in [2.24, 2.45) is 70.5 Å². The third-order valence-corrected chi connectivity index (χ3v) is 11.8. The molecule has 3 rings (SSSR count). The molecule has 0 heteroatoms. The van der Waals surface area contributed by atoms with Crippen LogP contribution in [0.4, 0.5) is 0 Å². The molecule has 3 aliphatic carbocycles. The van der Waals surface area contributed by atoms with Crippen LogP contribution in [0, 0.1) is 70.5 Å². The Labute approximate surface area is 221 Å². The maximum atomic E-state index is 4.35. The summed E-state index contributed by atoms with van der Waals surface area (Å²) in [7, 11) is 0. The lowest BCUT2D eigenvalue weighted by Crippen LogP contribution is -2.42. The minimum absolute atomic E-state index is 0.512. The average Bonchev–Trinajstić information content (AvgIpc) is 3.34. The van der Waals surface area contributed by atoms with Gasteiger partial charge in [-0.3, -0.25) is 0 Å². The number of hydrogen-bond donors (Lipinski definition) is 0. The Bertz CT molecular complexity index is 620. The summed E-state index contributed by atoms with van der Waals surface area (Å²) in [5, 5.41) is 0. The molecule has 0 radical (unpaired) electrons. The van der Waals surface area contributed by atoms with Crippen molar-refractivity contribution in [3.8, 4) is 0 Å². The van der Waals surface area contributed by atoms with E-state index in [9.17, 15) is 0 Å². The highest BCUT2D eigenvalue weighted by Gasteiger charge is 2.45. The first-order valence-electron chi connectivity index (χ1n) is 16.2. The quantitative estimate of drug-likeness (QED) is 0.256. The number of hydrogen-bond acceptors (Lipinski definition) is 0. The third kappa shape index (κ3) is 7.41. The number of rotatable bonds is 11. The van der Waals surface area contributed by atoms with Gasteiger partial charge in [-0.2, -0.15) is 0 Å². The molecule has 8 unspecified atom stereocenters.